The molecule has 3 amide bonds. The Kier molecular flexibility index (Phi) is 7.42. The molecule has 0 radical (unpaired) electrons. The molecule has 166 valence electrons. The molecule has 31 heavy (non-hydrogen) atoms. The Labute approximate surface area is 184 Å². The fraction of sp³-hybridized carbons (Fsp3) is 0.350. The first-order valence-electron chi connectivity index (χ1n) is 9.77. The van der Waals surface area contributed by atoms with Gasteiger partial charge in [-0.3, -0.25) is 25.2 Å². The Bertz CT molecular complexity index is 1030. The number of benzene rings is 1. The molecule has 0 bridgehead atoms. The summed E-state index contributed by atoms with van der Waals surface area (Å²) in [5.41, 5.74) is 4.84. The van der Waals surface area contributed by atoms with Crippen molar-refractivity contribution in [3.05, 3.63) is 52.2 Å². The number of hydrogen-bond acceptors (Lipinski definition) is 6. The Hall–Kier alpha value is -2.76. The lowest BCUT2D eigenvalue weighted by atomic mass is 10.1. The molecule has 2 aromatic rings. The first-order chi connectivity index (χ1) is 14.8. The molecule has 1 aliphatic rings. The number of sulfonamides is 1. The molecular formula is C20H24N4O5S2. The zero-order valence-electron chi connectivity index (χ0n) is 17.0. The lowest BCUT2D eigenvalue weighted by molar-refractivity contribution is -0.123. The largest absolute Gasteiger partial charge is 0.348 e. The Balaban J connectivity index is 1.56. The van der Waals surface area contributed by atoms with E-state index in [1.54, 1.807) is 0 Å². The van der Waals surface area contributed by atoms with Crippen molar-refractivity contribution in [2.75, 3.05) is 13.1 Å². The molecule has 0 spiro atoms. The fourth-order valence-corrected chi connectivity index (χ4v) is 5.54. The van der Waals surface area contributed by atoms with Crippen LogP contribution in [0.5, 0.6) is 0 Å². The van der Waals surface area contributed by atoms with Gasteiger partial charge in [0.25, 0.3) is 5.91 Å². The highest BCUT2D eigenvalue weighted by Gasteiger charge is 2.27. The summed E-state index contributed by atoms with van der Waals surface area (Å²) in [6.07, 6.45) is 1.64. The first kappa shape index (κ1) is 22.9. The van der Waals surface area contributed by atoms with Gasteiger partial charge in [-0.05, 0) is 48.6 Å². The van der Waals surface area contributed by atoms with Crippen LogP contribution in [0, 0.1) is 0 Å². The number of hydrazine groups is 1. The van der Waals surface area contributed by atoms with E-state index in [2.05, 4.69) is 16.2 Å². The van der Waals surface area contributed by atoms with Crippen LogP contribution in [0.2, 0.25) is 0 Å². The standard InChI is InChI=1S/C20H24N4O5S2/c1-14(25)21-17(18-5-4-12-30-18)13-19(26)22-23-20(27)15-6-8-16(9-7-15)31(28,29)24-10-2-3-11-24/h4-9,12,17H,2-3,10-11,13H2,1H3,(H,21,25)(H,22,26)(H,23,27). The number of hydrogen-bond donors (Lipinski definition) is 3. The van der Waals surface area contributed by atoms with Gasteiger partial charge in [-0.15, -0.1) is 11.3 Å². The second kappa shape index (κ2) is 10.0. The summed E-state index contributed by atoms with van der Waals surface area (Å²) in [4.78, 5) is 36.9. The van der Waals surface area contributed by atoms with Crippen LogP contribution in [0.15, 0.2) is 46.7 Å². The minimum atomic E-state index is -3.55. The molecule has 1 aromatic carbocycles. The molecule has 0 saturated carbocycles. The van der Waals surface area contributed by atoms with E-state index in [1.807, 2.05) is 17.5 Å². The van der Waals surface area contributed by atoms with Crippen LogP contribution in [0.25, 0.3) is 0 Å². The highest BCUT2D eigenvalue weighted by Crippen LogP contribution is 2.22. The van der Waals surface area contributed by atoms with Gasteiger partial charge in [0, 0.05) is 30.5 Å². The predicted octanol–water partition coefficient (Wildman–Crippen LogP) is 1.56. The Morgan fingerprint density at radius 3 is 2.32 bits per heavy atom. The maximum atomic E-state index is 12.5. The molecule has 11 heteroatoms. The van der Waals surface area contributed by atoms with Gasteiger partial charge in [0.2, 0.25) is 21.8 Å². The summed E-state index contributed by atoms with van der Waals surface area (Å²) in [6.45, 7) is 2.37. The molecule has 1 aromatic heterocycles. The SMILES string of the molecule is CC(=O)NC(CC(=O)NNC(=O)c1ccc(S(=O)(=O)N2CCCC2)cc1)c1cccs1. The smallest absolute Gasteiger partial charge is 0.269 e. The van der Waals surface area contributed by atoms with Crippen molar-refractivity contribution in [1.29, 1.82) is 0 Å². The second-order valence-corrected chi connectivity index (χ2v) is 10.0. The van der Waals surface area contributed by atoms with Crippen LogP contribution in [0.3, 0.4) is 0 Å². The number of carbonyl (C=O) groups is 3. The number of amides is 3. The van der Waals surface area contributed by atoms with E-state index in [1.165, 1.54) is 46.8 Å². The summed E-state index contributed by atoms with van der Waals surface area (Å²) in [5, 5.41) is 4.56. The van der Waals surface area contributed by atoms with Crippen LogP contribution in [-0.2, 0) is 19.6 Å². The van der Waals surface area contributed by atoms with E-state index >= 15 is 0 Å². The van der Waals surface area contributed by atoms with Gasteiger partial charge in [0.05, 0.1) is 17.4 Å². The fourth-order valence-electron chi connectivity index (χ4n) is 3.25. The first-order valence-corrected chi connectivity index (χ1v) is 12.1. The third kappa shape index (κ3) is 5.90. The van der Waals surface area contributed by atoms with Gasteiger partial charge in [-0.25, -0.2) is 8.42 Å². The maximum Gasteiger partial charge on any atom is 0.269 e. The van der Waals surface area contributed by atoms with Gasteiger partial charge in [0.15, 0.2) is 0 Å². The van der Waals surface area contributed by atoms with E-state index in [0.29, 0.717) is 13.1 Å². The number of nitrogens with zero attached hydrogens (tertiary/aromatic N) is 1. The second-order valence-electron chi connectivity index (χ2n) is 7.11. The number of carbonyl (C=O) groups excluding carboxylic acids is 3. The molecule has 0 aliphatic carbocycles. The van der Waals surface area contributed by atoms with Crippen molar-refractivity contribution >= 4 is 39.1 Å². The zero-order valence-corrected chi connectivity index (χ0v) is 18.6. The number of nitrogens with one attached hydrogen (secondary N) is 3. The minimum absolute atomic E-state index is 0.0482. The normalized spacial score (nSPS) is 15.3. The molecule has 1 unspecified atom stereocenters. The summed E-state index contributed by atoms with van der Waals surface area (Å²) < 4.78 is 26.5. The van der Waals surface area contributed by atoms with E-state index in [4.69, 9.17) is 0 Å². The molecule has 1 aliphatic heterocycles. The van der Waals surface area contributed by atoms with Crippen molar-refractivity contribution in [1.82, 2.24) is 20.5 Å². The van der Waals surface area contributed by atoms with Gasteiger partial charge in [-0.2, -0.15) is 4.31 Å². The Morgan fingerprint density at radius 2 is 1.74 bits per heavy atom. The molecule has 3 rings (SSSR count). The third-order valence-electron chi connectivity index (χ3n) is 4.79. The summed E-state index contributed by atoms with van der Waals surface area (Å²) >= 11 is 1.41. The van der Waals surface area contributed by atoms with Crippen LogP contribution in [0.1, 0.15) is 47.5 Å². The number of thiophene rings is 1. The predicted molar refractivity (Wildman–Crippen MR) is 116 cm³/mol. The van der Waals surface area contributed by atoms with Crippen molar-refractivity contribution in [3.8, 4) is 0 Å². The highest BCUT2D eigenvalue weighted by molar-refractivity contribution is 7.89. The van der Waals surface area contributed by atoms with Crippen LogP contribution >= 0.6 is 11.3 Å². The maximum absolute atomic E-state index is 12.5. The van der Waals surface area contributed by atoms with Crippen molar-refractivity contribution < 1.29 is 22.8 Å². The summed E-state index contributed by atoms with van der Waals surface area (Å²) in [5.74, 6) is -1.32. The van der Waals surface area contributed by atoms with Gasteiger partial charge < -0.3 is 5.32 Å². The van der Waals surface area contributed by atoms with Crippen LogP contribution in [0.4, 0.5) is 0 Å². The van der Waals surface area contributed by atoms with Crippen molar-refractivity contribution in [2.24, 2.45) is 0 Å². The molecule has 1 atom stereocenters. The minimum Gasteiger partial charge on any atom is -0.348 e. The lowest BCUT2D eigenvalue weighted by Crippen LogP contribution is -2.43. The highest BCUT2D eigenvalue weighted by atomic mass is 32.2. The van der Waals surface area contributed by atoms with Crippen LogP contribution in [-0.4, -0.2) is 43.5 Å². The van der Waals surface area contributed by atoms with Crippen LogP contribution < -0.4 is 16.2 Å². The molecule has 2 heterocycles. The van der Waals surface area contributed by atoms with Crippen molar-refractivity contribution in [2.45, 2.75) is 37.1 Å². The van der Waals surface area contributed by atoms with E-state index in [0.717, 1.165) is 17.7 Å². The lowest BCUT2D eigenvalue weighted by Gasteiger charge is -2.17. The van der Waals surface area contributed by atoms with Gasteiger partial charge >= 0.3 is 0 Å². The van der Waals surface area contributed by atoms with Gasteiger partial charge in [-0.1, -0.05) is 6.07 Å². The summed E-state index contributed by atoms with van der Waals surface area (Å²) in [6, 6.07) is 8.70. The van der Waals surface area contributed by atoms with E-state index in [-0.39, 0.29) is 22.8 Å². The number of rotatable bonds is 7. The van der Waals surface area contributed by atoms with Gasteiger partial charge in [0.1, 0.15) is 0 Å². The zero-order chi connectivity index (χ0) is 22.4. The average Bonchev–Trinajstić information content (AvgIpc) is 3.46. The van der Waals surface area contributed by atoms with Crippen molar-refractivity contribution in [3.63, 3.8) is 0 Å². The molecular weight excluding hydrogens is 440 g/mol. The van der Waals surface area contributed by atoms with E-state index < -0.39 is 27.9 Å². The molecule has 1 fully saturated rings. The monoisotopic (exact) mass is 464 g/mol. The topological polar surface area (TPSA) is 125 Å². The summed E-state index contributed by atoms with van der Waals surface area (Å²) in [7, 11) is -3.55. The van der Waals surface area contributed by atoms with E-state index in [9.17, 15) is 22.8 Å². The average molecular weight is 465 g/mol. The molecule has 9 nitrogen and oxygen atoms in total. The quantitative estimate of drug-likeness (QED) is 0.537. The third-order valence-corrected chi connectivity index (χ3v) is 7.69. The molecule has 3 N–H and O–H groups in total. The molecule has 1 saturated heterocycles. The Morgan fingerprint density at radius 1 is 1.06 bits per heavy atom.